The van der Waals surface area contributed by atoms with Crippen molar-refractivity contribution < 1.29 is 23.9 Å². The first-order valence-corrected chi connectivity index (χ1v) is 10.7. The lowest BCUT2D eigenvalue weighted by molar-refractivity contribution is -0.152. The molecule has 0 heterocycles. The molecule has 2 aromatic rings. The van der Waals surface area contributed by atoms with Crippen molar-refractivity contribution in [1.82, 2.24) is 5.32 Å². The van der Waals surface area contributed by atoms with Crippen molar-refractivity contribution in [3.8, 4) is 11.1 Å². The number of carbonyl (C=O) groups excluding carboxylic acids is 3. The van der Waals surface area contributed by atoms with Gasteiger partial charge in [0.25, 0.3) is 0 Å². The second kappa shape index (κ2) is 13.2. The fourth-order valence-electron chi connectivity index (χ4n) is 3.17. The number of ether oxygens (including phenoxy) is 2. The molecule has 0 bridgehead atoms. The van der Waals surface area contributed by atoms with E-state index in [2.05, 4.69) is 41.7 Å². The molecule has 0 aliphatic heterocycles. The fraction of sp³-hybridized carbons (Fsp3) is 0.400. The average molecular weight is 426 g/mol. The molecule has 2 aromatic carbocycles. The van der Waals surface area contributed by atoms with Gasteiger partial charge in [0.05, 0.1) is 6.61 Å². The van der Waals surface area contributed by atoms with Gasteiger partial charge in [-0.05, 0) is 36.0 Å². The van der Waals surface area contributed by atoms with Gasteiger partial charge < -0.3 is 14.8 Å². The number of hydrogen-bond acceptors (Lipinski definition) is 5. The van der Waals surface area contributed by atoms with Gasteiger partial charge in [-0.15, -0.1) is 0 Å². The lowest BCUT2D eigenvalue weighted by Crippen LogP contribution is -2.44. The molecular formula is C25H31NO5. The predicted octanol–water partition coefficient (Wildman–Crippen LogP) is 4.07. The summed E-state index contributed by atoms with van der Waals surface area (Å²) in [6, 6.07) is 18.0. The van der Waals surface area contributed by atoms with Crippen molar-refractivity contribution in [2.45, 2.75) is 52.0 Å². The van der Waals surface area contributed by atoms with E-state index in [9.17, 15) is 14.4 Å². The molecule has 0 aliphatic carbocycles. The smallest absolute Gasteiger partial charge is 0.332 e. The highest BCUT2D eigenvalue weighted by Gasteiger charge is 2.22. The minimum atomic E-state index is -0.972. The molecule has 0 aromatic heterocycles. The molecule has 6 heteroatoms. The number of unbranched alkanes of at least 4 members (excludes halogenated alkanes) is 3. The van der Waals surface area contributed by atoms with Gasteiger partial charge >= 0.3 is 11.9 Å². The van der Waals surface area contributed by atoms with Gasteiger partial charge in [-0.3, -0.25) is 9.59 Å². The molecule has 31 heavy (non-hydrogen) atoms. The minimum Gasteiger partial charge on any atom is -0.464 e. The van der Waals surface area contributed by atoms with Crippen LogP contribution in [-0.4, -0.2) is 37.1 Å². The predicted molar refractivity (Wildman–Crippen MR) is 119 cm³/mol. The Morgan fingerprint density at radius 1 is 0.806 bits per heavy atom. The van der Waals surface area contributed by atoms with Crippen LogP contribution >= 0.6 is 0 Å². The Morgan fingerprint density at radius 3 is 2.10 bits per heavy atom. The number of carbonyl (C=O) groups is 3. The number of benzene rings is 2. The van der Waals surface area contributed by atoms with Crippen LogP contribution in [0.5, 0.6) is 0 Å². The summed E-state index contributed by atoms with van der Waals surface area (Å²) in [5.41, 5.74) is 3.75. The maximum Gasteiger partial charge on any atom is 0.332 e. The highest BCUT2D eigenvalue weighted by atomic mass is 16.6. The fourth-order valence-corrected chi connectivity index (χ4v) is 3.17. The number of hydrogen-bond donors (Lipinski definition) is 1. The highest BCUT2D eigenvalue weighted by Crippen LogP contribution is 2.20. The van der Waals surface area contributed by atoms with Crippen LogP contribution in [0.4, 0.5) is 0 Å². The molecular weight excluding hydrogens is 394 g/mol. The molecule has 1 unspecified atom stereocenters. The highest BCUT2D eigenvalue weighted by molar-refractivity contribution is 5.83. The van der Waals surface area contributed by atoms with E-state index in [1.54, 1.807) is 0 Å². The van der Waals surface area contributed by atoms with Crippen molar-refractivity contribution in [2.24, 2.45) is 0 Å². The Hall–Kier alpha value is -3.15. The third kappa shape index (κ3) is 9.47. The lowest BCUT2D eigenvalue weighted by Gasteiger charge is -2.16. The number of rotatable bonds is 12. The normalized spacial score (nSPS) is 11.4. The van der Waals surface area contributed by atoms with E-state index in [-0.39, 0.29) is 19.1 Å². The molecule has 0 aliphatic rings. The maximum atomic E-state index is 12.1. The second-order valence-electron chi connectivity index (χ2n) is 7.45. The molecule has 2 rings (SSSR count). The quantitative estimate of drug-likeness (QED) is 0.410. The third-order valence-corrected chi connectivity index (χ3v) is 4.78. The number of amides is 1. The van der Waals surface area contributed by atoms with Crippen molar-refractivity contribution in [3.05, 3.63) is 60.2 Å². The molecule has 0 saturated carbocycles. The topological polar surface area (TPSA) is 81.7 Å². The number of esters is 2. The van der Waals surface area contributed by atoms with Gasteiger partial charge in [-0.2, -0.15) is 0 Å². The molecule has 0 spiro atoms. The van der Waals surface area contributed by atoms with E-state index in [0.29, 0.717) is 0 Å². The molecule has 1 N–H and O–H groups in total. The summed E-state index contributed by atoms with van der Waals surface area (Å²) < 4.78 is 10.0. The van der Waals surface area contributed by atoms with Crippen LogP contribution < -0.4 is 5.32 Å². The Bertz CT molecular complexity index is 833. The van der Waals surface area contributed by atoms with Crippen LogP contribution in [0.25, 0.3) is 11.1 Å². The van der Waals surface area contributed by atoms with Crippen LogP contribution in [0.3, 0.4) is 0 Å². The van der Waals surface area contributed by atoms with Gasteiger partial charge in [-0.25, -0.2) is 4.79 Å². The average Bonchev–Trinajstić information content (AvgIpc) is 2.76. The second-order valence-corrected chi connectivity index (χ2v) is 7.45. The standard InChI is InChI=1S/C25H31NO5/c1-19(27)26-24(18-31-20(2)28)25(29)30-17-9-4-3-6-10-21-13-15-23(16-14-21)22-11-7-5-8-12-22/h5,7-8,11-16,24H,3-4,6,9-10,17-18H2,1-2H3,(H,26,27). The van der Waals surface area contributed by atoms with E-state index in [0.717, 1.165) is 32.1 Å². The summed E-state index contributed by atoms with van der Waals surface area (Å²) in [4.78, 5) is 34.2. The molecule has 0 radical (unpaired) electrons. The van der Waals surface area contributed by atoms with E-state index in [1.807, 2.05) is 18.2 Å². The summed E-state index contributed by atoms with van der Waals surface area (Å²) in [6.45, 7) is 2.59. The van der Waals surface area contributed by atoms with E-state index in [4.69, 9.17) is 9.47 Å². The van der Waals surface area contributed by atoms with Crippen LogP contribution in [0.1, 0.15) is 45.1 Å². The van der Waals surface area contributed by atoms with Gasteiger partial charge in [0.1, 0.15) is 6.61 Å². The summed E-state index contributed by atoms with van der Waals surface area (Å²) in [5, 5.41) is 2.44. The molecule has 1 amide bonds. The number of nitrogens with one attached hydrogen (secondary N) is 1. The molecule has 6 nitrogen and oxygen atoms in total. The van der Waals surface area contributed by atoms with Gasteiger partial charge in [0.15, 0.2) is 6.04 Å². The molecule has 0 fully saturated rings. The first kappa shape index (κ1) is 24.1. The van der Waals surface area contributed by atoms with Crippen LogP contribution in [0.2, 0.25) is 0 Å². The monoisotopic (exact) mass is 425 g/mol. The van der Waals surface area contributed by atoms with Crippen LogP contribution in [0.15, 0.2) is 54.6 Å². The minimum absolute atomic E-state index is 0.225. The maximum absolute atomic E-state index is 12.1. The van der Waals surface area contributed by atoms with Crippen LogP contribution in [-0.2, 0) is 30.3 Å². The Morgan fingerprint density at radius 2 is 1.45 bits per heavy atom. The Balaban J connectivity index is 1.61. The zero-order valence-corrected chi connectivity index (χ0v) is 18.3. The van der Waals surface area contributed by atoms with E-state index < -0.39 is 18.0 Å². The first-order valence-electron chi connectivity index (χ1n) is 10.7. The SMILES string of the molecule is CC(=O)NC(COC(C)=O)C(=O)OCCCCCCc1ccc(-c2ccccc2)cc1. The Labute approximate surface area is 183 Å². The van der Waals surface area contributed by atoms with E-state index >= 15 is 0 Å². The zero-order valence-electron chi connectivity index (χ0n) is 18.3. The van der Waals surface area contributed by atoms with Crippen molar-refractivity contribution >= 4 is 17.8 Å². The van der Waals surface area contributed by atoms with Gasteiger partial charge in [-0.1, -0.05) is 67.4 Å². The van der Waals surface area contributed by atoms with Crippen LogP contribution in [0, 0.1) is 0 Å². The third-order valence-electron chi connectivity index (χ3n) is 4.78. The summed E-state index contributed by atoms with van der Waals surface area (Å²) in [5.74, 6) is -1.49. The van der Waals surface area contributed by atoms with E-state index in [1.165, 1.54) is 30.5 Å². The summed E-state index contributed by atoms with van der Waals surface area (Å²) >= 11 is 0. The largest absolute Gasteiger partial charge is 0.464 e. The summed E-state index contributed by atoms with van der Waals surface area (Å²) in [6.07, 6.45) is 4.82. The van der Waals surface area contributed by atoms with Crippen molar-refractivity contribution in [3.63, 3.8) is 0 Å². The first-order chi connectivity index (χ1) is 15.0. The van der Waals surface area contributed by atoms with Gasteiger partial charge in [0, 0.05) is 13.8 Å². The molecule has 0 saturated heterocycles. The molecule has 166 valence electrons. The number of aryl methyl sites for hydroxylation is 1. The summed E-state index contributed by atoms with van der Waals surface area (Å²) in [7, 11) is 0. The Kier molecular flexibility index (Phi) is 10.3. The van der Waals surface area contributed by atoms with Crippen molar-refractivity contribution in [1.29, 1.82) is 0 Å². The molecule has 1 atom stereocenters. The van der Waals surface area contributed by atoms with Crippen molar-refractivity contribution in [2.75, 3.05) is 13.2 Å². The van der Waals surface area contributed by atoms with Gasteiger partial charge in [0.2, 0.25) is 5.91 Å². The lowest BCUT2D eigenvalue weighted by atomic mass is 10.0. The zero-order chi connectivity index (χ0) is 22.5.